The van der Waals surface area contributed by atoms with Crippen molar-refractivity contribution in [2.24, 2.45) is 4.99 Å². The maximum Gasteiger partial charge on any atom is 0.416 e. The number of hydrogen-bond acceptors (Lipinski definition) is 4. The Hall–Kier alpha value is -1.24. The van der Waals surface area contributed by atoms with Gasteiger partial charge < -0.3 is 15.4 Å². The van der Waals surface area contributed by atoms with Gasteiger partial charge >= 0.3 is 6.18 Å². The number of rotatable bonds is 8. The van der Waals surface area contributed by atoms with Gasteiger partial charge in [-0.25, -0.2) is 8.42 Å². The number of nitrogens with zero attached hydrogens (tertiary/aromatic N) is 1. The molecular weight excluding hydrogens is 498 g/mol. The normalized spacial score (nSPS) is 13.5. The molecule has 0 spiro atoms. The summed E-state index contributed by atoms with van der Waals surface area (Å²) in [7, 11) is -1.55. The standard InChI is InChI=1S/C16H24F3N3O3S.HI/c1-4-13(11-22-15(20-2)21-8-9-26(3,23)24)25-14-7-5-6-12(10-14)16(17,18)19;/h5-7,10,13H,4,8-9,11H2,1-3H3,(H2,20,21,22);1H. The Balaban J connectivity index is 0.00000676. The van der Waals surface area contributed by atoms with E-state index in [1.807, 2.05) is 6.92 Å². The molecule has 156 valence electrons. The van der Waals surface area contributed by atoms with Gasteiger partial charge in [-0.15, -0.1) is 24.0 Å². The number of benzene rings is 1. The van der Waals surface area contributed by atoms with E-state index < -0.39 is 21.6 Å². The summed E-state index contributed by atoms with van der Waals surface area (Å²) < 4.78 is 66.1. The van der Waals surface area contributed by atoms with Crippen molar-refractivity contribution < 1.29 is 26.3 Å². The van der Waals surface area contributed by atoms with Crippen molar-refractivity contribution in [3.8, 4) is 5.75 Å². The molecule has 0 aromatic heterocycles. The van der Waals surface area contributed by atoms with Crippen LogP contribution in [0.4, 0.5) is 13.2 Å². The Kier molecular flexibility index (Phi) is 11.0. The quantitative estimate of drug-likeness (QED) is 0.311. The van der Waals surface area contributed by atoms with Crippen LogP contribution >= 0.6 is 24.0 Å². The largest absolute Gasteiger partial charge is 0.489 e. The minimum atomic E-state index is -4.43. The Labute approximate surface area is 174 Å². The third-order valence-corrected chi connectivity index (χ3v) is 4.35. The molecule has 0 aliphatic rings. The molecule has 1 aromatic rings. The molecule has 0 fully saturated rings. The summed E-state index contributed by atoms with van der Waals surface area (Å²) in [6, 6.07) is 4.71. The van der Waals surface area contributed by atoms with E-state index in [0.717, 1.165) is 18.4 Å². The highest BCUT2D eigenvalue weighted by molar-refractivity contribution is 14.0. The number of nitrogens with one attached hydrogen (secondary N) is 2. The van der Waals surface area contributed by atoms with Crippen molar-refractivity contribution in [2.75, 3.05) is 32.1 Å². The summed E-state index contributed by atoms with van der Waals surface area (Å²) in [6.45, 7) is 2.34. The number of halogens is 4. The molecule has 0 saturated carbocycles. The summed E-state index contributed by atoms with van der Waals surface area (Å²) in [6.07, 6.45) is -3.11. The molecule has 1 unspecified atom stereocenters. The zero-order chi connectivity index (χ0) is 19.8. The van der Waals surface area contributed by atoms with Crippen LogP contribution in [0.1, 0.15) is 18.9 Å². The number of hydrogen-bond donors (Lipinski definition) is 2. The molecule has 0 amide bonds. The lowest BCUT2D eigenvalue weighted by atomic mass is 10.2. The van der Waals surface area contributed by atoms with E-state index in [2.05, 4.69) is 15.6 Å². The zero-order valence-corrected chi connectivity index (χ0v) is 18.5. The van der Waals surface area contributed by atoms with Crippen molar-refractivity contribution >= 4 is 39.8 Å². The van der Waals surface area contributed by atoms with E-state index in [1.165, 1.54) is 19.2 Å². The number of guanidine groups is 1. The van der Waals surface area contributed by atoms with Gasteiger partial charge in [0, 0.05) is 19.8 Å². The maximum absolute atomic E-state index is 12.8. The molecule has 0 saturated heterocycles. The van der Waals surface area contributed by atoms with Gasteiger partial charge in [0.1, 0.15) is 21.7 Å². The average Bonchev–Trinajstić information content (AvgIpc) is 2.55. The van der Waals surface area contributed by atoms with Crippen LogP contribution in [0.5, 0.6) is 5.75 Å². The number of sulfone groups is 1. The Morgan fingerprint density at radius 1 is 1.30 bits per heavy atom. The first-order valence-corrected chi connectivity index (χ1v) is 10.1. The fraction of sp³-hybridized carbons (Fsp3) is 0.562. The molecular formula is C16H25F3IN3O3S. The van der Waals surface area contributed by atoms with Gasteiger partial charge in [-0.05, 0) is 24.6 Å². The number of alkyl halides is 3. The van der Waals surface area contributed by atoms with Crippen molar-refractivity contribution in [3.05, 3.63) is 29.8 Å². The van der Waals surface area contributed by atoms with Gasteiger partial charge in [-0.2, -0.15) is 13.2 Å². The summed E-state index contributed by atoms with van der Waals surface area (Å²) in [4.78, 5) is 3.96. The SMILES string of the molecule is CCC(CNC(=NC)NCCS(C)(=O)=O)Oc1cccc(C(F)(F)F)c1.I. The van der Waals surface area contributed by atoms with Crippen LogP contribution in [0.3, 0.4) is 0 Å². The average molecular weight is 523 g/mol. The van der Waals surface area contributed by atoms with Crippen molar-refractivity contribution in [1.29, 1.82) is 0 Å². The first-order chi connectivity index (χ1) is 12.0. The highest BCUT2D eigenvalue weighted by Gasteiger charge is 2.30. The molecule has 6 nitrogen and oxygen atoms in total. The van der Waals surface area contributed by atoms with Crippen LogP contribution < -0.4 is 15.4 Å². The lowest BCUT2D eigenvalue weighted by molar-refractivity contribution is -0.137. The molecule has 1 rings (SSSR count). The van der Waals surface area contributed by atoms with E-state index in [9.17, 15) is 21.6 Å². The van der Waals surface area contributed by atoms with Crippen LogP contribution in [-0.4, -0.2) is 52.6 Å². The lowest BCUT2D eigenvalue weighted by Gasteiger charge is -2.20. The summed E-state index contributed by atoms with van der Waals surface area (Å²) in [5.41, 5.74) is -0.768. The highest BCUT2D eigenvalue weighted by atomic mass is 127. The van der Waals surface area contributed by atoms with Gasteiger partial charge in [0.15, 0.2) is 5.96 Å². The van der Waals surface area contributed by atoms with Crippen LogP contribution in [-0.2, 0) is 16.0 Å². The Morgan fingerprint density at radius 2 is 1.96 bits per heavy atom. The minimum absolute atomic E-state index is 0. The predicted octanol–water partition coefficient (Wildman–Crippen LogP) is 2.69. The van der Waals surface area contributed by atoms with E-state index in [0.29, 0.717) is 18.9 Å². The van der Waals surface area contributed by atoms with Crippen LogP contribution in [0.15, 0.2) is 29.3 Å². The zero-order valence-electron chi connectivity index (χ0n) is 15.3. The van der Waals surface area contributed by atoms with Crippen molar-refractivity contribution in [2.45, 2.75) is 25.6 Å². The molecule has 27 heavy (non-hydrogen) atoms. The van der Waals surface area contributed by atoms with Crippen LogP contribution in [0.25, 0.3) is 0 Å². The van der Waals surface area contributed by atoms with Gasteiger partial charge in [-0.1, -0.05) is 13.0 Å². The molecule has 11 heteroatoms. The molecule has 1 aromatic carbocycles. The molecule has 0 aliphatic carbocycles. The monoisotopic (exact) mass is 523 g/mol. The Morgan fingerprint density at radius 3 is 2.48 bits per heavy atom. The Bertz CT molecular complexity index is 712. The molecule has 2 N–H and O–H groups in total. The van der Waals surface area contributed by atoms with Crippen LogP contribution in [0.2, 0.25) is 0 Å². The molecule has 0 heterocycles. The second-order valence-electron chi connectivity index (χ2n) is 5.68. The van der Waals surface area contributed by atoms with Gasteiger partial charge in [0.05, 0.1) is 17.9 Å². The van der Waals surface area contributed by atoms with Crippen molar-refractivity contribution in [3.63, 3.8) is 0 Å². The highest BCUT2D eigenvalue weighted by Crippen LogP contribution is 2.31. The second kappa shape index (κ2) is 11.6. The lowest BCUT2D eigenvalue weighted by Crippen LogP contribution is -2.43. The van der Waals surface area contributed by atoms with Crippen molar-refractivity contribution in [1.82, 2.24) is 10.6 Å². The topological polar surface area (TPSA) is 79.8 Å². The molecule has 1 atom stereocenters. The van der Waals surface area contributed by atoms with E-state index >= 15 is 0 Å². The molecule has 0 bridgehead atoms. The fourth-order valence-corrected chi connectivity index (χ4v) is 2.47. The summed E-state index contributed by atoms with van der Waals surface area (Å²) in [5.74, 6) is 0.485. The van der Waals surface area contributed by atoms with Crippen LogP contribution in [0, 0.1) is 0 Å². The summed E-state index contributed by atoms with van der Waals surface area (Å²) in [5, 5.41) is 5.82. The smallest absolute Gasteiger partial charge is 0.416 e. The fourth-order valence-electron chi connectivity index (χ4n) is 1.99. The molecule has 0 radical (unpaired) electrons. The van der Waals surface area contributed by atoms with E-state index in [-0.39, 0.29) is 48.1 Å². The van der Waals surface area contributed by atoms with E-state index in [1.54, 1.807) is 0 Å². The predicted molar refractivity (Wildman–Crippen MR) is 111 cm³/mol. The third-order valence-electron chi connectivity index (χ3n) is 3.41. The van der Waals surface area contributed by atoms with E-state index in [4.69, 9.17) is 4.74 Å². The first-order valence-electron chi connectivity index (χ1n) is 8.01. The third kappa shape index (κ3) is 10.6. The second-order valence-corrected chi connectivity index (χ2v) is 7.94. The molecule has 0 aliphatic heterocycles. The first kappa shape index (κ1) is 25.8. The maximum atomic E-state index is 12.8. The van der Waals surface area contributed by atoms with Gasteiger partial charge in [-0.3, -0.25) is 4.99 Å². The minimum Gasteiger partial charge on any atom is -0.489 e. The summed E-state index contributed by atoms with van der Waals surface area (Å²) >= 11 is 0. The number of aliphatic imine (C=N–C) groups is 1. The van der Waals surface area contributed by atoms with Gasteiger partial charge in [0.25, 0.3) is 0 Å². The number of ether oxygens (including phenoxy) is 1. The van der Waals surface area contributed by atoms with Gasteiger partial charge in [0.2, 0.25) is 0 Å².